The molecule has 126 valence electrons. The maximum atomic E-state index is 13.1. The summed E-state index contributed by atoms with van der Waals surface area (Å²) in [6.45, 7) is 10.0. The Kier molecular flexibility index (Phi) is 6.31. The van der Waals surface area contributed by atoms with Gasteiger partial charge in [0, 0.05) is 18.7 Å². The number of amides is 1. The molecule has 0 spiro atoms. The van der Waals surface area contributed by atoms with Gasteiger partial charge in [-0.25, -0.2) is 4.39 Å². The molecule has 2 aromatic rings. The summed E-state index contributed by atoms with van der Waals surface area (Å²) >= 11 is 1.31. The molecule has 1 atom stereocenters. The van der Waals surface area contributed by atoms with E-state index in [0.29, 0.717) is 24.1 Å². The molecule has 1 heterocycles. The average Bonchev–Trinajstić information content (AvgIpc) is 2.96. The van der Waals surface area contributed by atoms with Gasteiger partial charge in [-0.15, -0.1) is 23.4 Å². The number of allylic oxidation sites excluding steroid dienone is 1. The standard InChI is InChI=1S/C17H19FN4OS/c1-4-10-19-16(23)12(3)24-17-21-20-15(22(17)11-5-2)13-6-8-14(18)9-7-13/h4-9,12H,1-2,10-11H2,3H3,(H,19,23)/t12-/m0/s1. The van der Waals surface area contributed by atoms with Crippen molar-refractivity contribution in [2.75, 3.05) is 6.54 Å². The molecular weight excluding hydrogens is 327 g/mol. The number of carbonyl (C=O) groups excluding carboxylic acids is 1. The van der Waals surface area contributed by atoms with E-state index in [9.17, 15) is 9.18 Å². The molecule has 1 amide bonds. The van der Waals surface area contributed by atoms with Crippen molar-refractivity contribution < 1.29 is 9.18 Å². The first-order chi connectivity index (χ1) is 11.6. The largest absolute Gasteiger partial charge is 0.352 e. The fourth-order valence-corrected chi connectivity index (χ4v) is 2.89. The van der Waals surface area contributed by atoms with Gasteiger partial charge in [-0.05, 0) is 31.2 Å². The molecule has 7 heteroatoms. The fourth-order valence-electron chi connectivity index (χ4n) is 2.01. The summed E-state index contributed by atoms with van der Waals surface area (Å²) in [6.07, 6.45) is 3.35. The zero-order valence-electron chi connectivity index (χ0n) is 13.4. The van der Waals surface area contributed by atoms with Crippen LogP contribution >= 0.6 is 11.8 Å². The molecule has 5 nitrogen and oxygen atoms in total. The Morgan fingerprint density at radius 3 is 2.67 bits per heavy atom. The van der Waals surface area contributed by atoms with Crippen molar-refractivity contribution in [3.8, 4) is 11.4 Å². The highest BCUT2D eigenvalue weighted by Gasteiger charge is 2.20. The van der Waals surface area contributed by atoms with Crippen LogP contribution < -0.4 is 5.32 Å². The van der Waals surface area contributed by atoms with Crippen LogP contribution in [-0.4, -0.2) is 32.5 Å². The topological polar surface area (TPSA) is 59.8 Å². The number of nitrogens with one attached hydrogen (secondary N) is 1. The lowest BCUT2D eigenvalue weighted by Gasteiger charge is -2.12. The third-order valence-electron chi connectivity index (χ3n) is 3.20. The predicted molar refractivity (Wildman–Crippen MR) is 94.1 cm³/mol. The van der Waals surface area contributed by atoms with Gasteiger partial charge in [0.05, 0.1) is 5.25 Å². The second-order valence-electron chi connectivity index (χ2n) is 5.01. The molecule has 0 aliphatic carbocycles. The summed E-state index contributed by atoms with van der Waals surface area (Å²) in [5, 5.41) is 11.4. The Hall–Kier alpha value is -2.41. The normalized spacial score (nSPS) is 11.8. The first-order valence-electron chi connectivity index (χ1n) is 7.42. The average molecular weight is 346 g/mol. The summed E-state index contributed by atoms with van der Waals surface area (Å²) in [5.41, 5.74) is 0.751. The molecule has 0 saturated heterocycles. The molecule has 1 aromatic heterocycles. The molecule has 0 radical (unpaired) electrons. The van der Waals surface area contributed by atoms with E-state index >= 15 is 0 Å². The van der Waals surface area contributed by atoms with Gasteiger partial charge in [0.25, 0.3) is 0 Å². The predicted octanol–water partition coefficient (Wildman–Crippen LogP) is 3.05. The van der Waals surface area contributed by atoms with E-state index in [1.54, 1.807) is 31.2 Å². The van der Waals surface area contributed by atoms with Crippen LogP contribution in [-0.2, 0) is 11.3 Å². The fraction of sp³-hybridized carbons (Fsp3) is 0.235. The lowest BCUT2D eigenvalue weighted by atomic mass is 10.2. The number of halogens is 1. The van der Waals surface area contributed by atoms with Gasteiger partial charge in [-0.2, -0.15) is 0 Å². The first-order valence-corrected chi connectivity index (χ1v) is 8.30. The summed E-state index contributed by atoms with van der Waals surface area (Å²) in [7, 11) is 0. The second kappa shape index (κ2) is 8.44. The number of carbonyl (C=O) groups is 1. The van der Waals surface area contributed by atoms with E-state index < -0.39 is 0 Å². The molecule has 0 unspecified atom stereocenters. The molecule has 24 heavy (non-hydrogen) atoms. The molecule has 2 rings (SSSR count). The monoisotopic (exact) mass is 346 g/mol. The number of hydrogen-bond acceptors (Lipinski definition) is 4. The van der Waals surface area contributed by atoms with Crippen LogP contribution in [0.4, 0.5) is 4.39 Å². The van der Waals surface area contributed by atoms with Crippen LogP contribution in [0.5, 0.6) is 0 Å². The van der Waals surface area contributed by atoms with Crippen LogP contribution in [0.3, 0.4) is 0 Å². The van der Waals surface area contributed by atoms with E-state index in [2.05, 4.69) is 28.7 Å². The van der Waals surface area contributed by atoms with Crippen LogP contribution in [0.1, 0.15) is 6.92 Å². The van der Waals surface area contributed by atoms with Gasteiger partial charge in [-0.3, -0.25) is 9.36 Å². The summed E-state index contributed by atoms with van der Waals surface area (Å²) in [4.78, 5) is 12.0. The van der Waals surface area contributed by atoms with E-state index in [0.717, 1.165) is 5.56 Å². The number of aromatic nitrogens is 3. The van der Waals surface area contributed by atoms with E-state index in [1.165, 1.54) is 23.9 Å². The minimum absolute atomic E-state index is 0.101. The Morgan fingerprint density at radius 1 is 1.33 bits per heavy atom. The Balaban J connectivity index is 2.24. The number of nitrogens with zero attached hydrogens (tertiary/aromatic N) is 3. The summed E-state index contributed by atoms with van der Waals surface area (Å²) < 4.78 is 15.0. The maximum Gasteiger partial charge on any atom is 0.233 e. The quantitative estimate of drug-likeness (QED) is 0.589. The SMILES string of the molecule is C=CCNC(=O)[C@H](C)Sc1nnc(-c2ccc(F)cc2)n1CC=C. The van der Waals surface area contributed by atoms with Gasteiger partial charge in [0.2, 0.25) is 5.91 Å². The molecule has 0 saturated carbocycles. The molecule has 0 fully saturated rings. The third kappa shape index (κ3) is 4.32. The van der Waals surface area contributed by atoms with E-state index in [-0.39, 0.29) is 17.0 Å². The van der Waals surface area contributed by atoms with Gasteiger partial charge in [-0.1, -0.05) is 23.9 Å². The first kappa shape index (κ1) is 17.9. The summed E-state index contributed by atoms with van der Waals surface area (Å²) in [6, 6.07) is 6.04. The second-order valence-corrected chi connectivity index (χ2v) is 6.31. The summed E-state index contributed by atoms with van der Waals surface area (Å²) in [5.74, 6) is 0.197. The highest BCUT2D eigenvalue weighted by atomic mass is 32.2. The van der Waals surface area contributed by atoms with Gasteiger partial charge in [0.15, 0.2) is 11.0 Å². The van der Waals surface area contributed by atoms with Crippen molar-refractivity contribution in [3.63, 3.8) is 0 Å². The molecule has 1 N–H and O–H groups in total. The smallest absolute Gasteiger partial charge is 0.233 e. The zero-order valence-corrected chi connectivity index (χ0v) is 14.2. The minimum Gasteiger partial charge on any atom is -0.352 e. The van der Waals surface area contributed by atoms with E-state index in [4.69, 9.17) is 0 Å². The zero-order chi connectivity index (χ0) is 17.5. The van der Waals surface area contributed by atoms with Gasteiger partial charge < -0.3 is 5.32 Å². The van der Waals surface area contributed by atoms with E-state index in [1.807, 2.05) is 4.57 Å². The highest BCUT2D eigenvalue weighted by molar-refractivity contribution is 8.00. The van der Waals surface area contributed by atoms with Crippen LogP contribution in [0.2, 0.25) is 0 Å². The molecular formula is C17H19FN4OS. The molecule has 1 aromatic carbocycles. The van der Waals surface area contributed by atoms with Crippen LogP contribution in [0.15, 0.2) is 54.7 Å². The maximum absolute atomic E-state index is 13.1. The lowest BCUT2D eigenvalue weighted by Crippen LogP contribution is -2.31. The van der Waals surface area contributed by atoms with Crippen LogP contribution in [0, 0.1) is 5.82 Å². The van der Waals surface area contributed by atoms with Crippen molar-refractivity contribution in [1.82, 2.24) is 20.1 Å². The van der Waals surface area contributed by atoms with Crippen molar-refractivity contribution >= 4 is 17.7 Å². The third-order valence-corrected chi connectivity index (χ3v) is 4.28. The van der Waals surface area contributed by atoms with Crippen LogP contribution in [0.25, 0.3) is 11.4 Å². The minimum atomic E-state index is -0.334. The van der Waals surface area contributed by atoms with Crippen molar-refractivity contribution in [2.24, 2.45) is 0 Å². The lowest BCUT2D eigenvalue weighted by molar-refractivity contribution is -0.120. The number of thioether (sulfide) groups is 1. The Labute approximate surface area is 144 Å². The highest BCUT2D eigenvalue weighted by Crippen LogP contribution is 2.27. The van der Waals surface area contributed by atoms with Gasteiger partial charge in [0.1, 0.15) is 5.82 Å². The molecule has 0 aliphatic heterocycles. The number of hydrogen-bond donors (Lipinski definition) is 1. The van der Waals surface area contributed by atoms with Gasteiger partial charge >= 0.3 is 0 Å². The van der Waals surface area contributed by atoms with Crippen molar-refractivity contribution in [2.45, 2.75) is 23.9 Å². The molecule has 0 bridgehead atoms. The molecule has 0 aliphatic rings. The Bertz CT molecular complexity index is 727. The number of benzene rings is 1. The van der Waals surface area contributed by atoms with Crippen molar-refractivity contribution in [3.05, 3.63) is 55.4 Å². The van der Waals surface area contributed by atoms with Crippen molar-refractivity contribution in [1.29, 1.82) is 0 Å². The Morgan fingerprint density at radius 2 is 2.04 bits per heavy atom. The number of rotatable bonds is 8.